The van der Waals surface area contributed by atoms with Crippen LogP contribution in [0.25, 0.3) is 0 Å². The Hall–Kier alpha value is -0.800. The summed E-state index contributed by atoms with van der Waals surface area (Å²) >= 11 is 0. The quantitative estimate of drug-likeness (QED) is 0.457. The van der Waals surface area contributed by atoms with Gasteiger partial charge in [0.2, 0.25) is 0 Å². The van der Waals surface area contributed by atoms with E-state index in [2.05, 4.69) is 4.89 Å². The topological polar surface area (TPSA) is 34.4 Å². The van der Waals surface area contributed by atoms with Gasteiger partial charge in [0, 0.05) is 12.4 Å². The molecular formula is C5H7NO2. The molecule has 0 spiro atoms. The lowest BCUT2D eigenvalue weighted by atomic mass is 10.7. The molecule has 0 atom stereocenters. The summed E-state index contributed by atoms with van der Waals surface area (Å²) in [7, 11) is 0. The van der Waals surface area contributed by atoms with Gasteiger partial charge in [0.1, 0.15) is 0 Å². The normalized spacial score (nSPS) is 9.62. The third kappa shape index (κ3) is 1.08. The van der Waals surface area contributed by atoms with Crippen LogP contribution in [-0.4, -0.2) is 9.82 Å². The van der Waals surface area contributed by atoms with E-state index < -0.39 is 0 Å². The lowest BCUT2D eigenvalue weighted by molar-refractivity contribution is -0.269. The van der Waals surface area contributed by atoms with E-state index in [1.54, 1.807) is 17.0 Å². The lowest BCUT2D eigenvalue weighted by Gasteiger charge is -1.94. The first kappa shape index (κ1) is 5.34. The molecule has 1 rings (SSSR count). The highest BCUT2D eigenvalue weighted by Gasteiger charge is 1.82. The molecule has 1 heterocycles. The summed E-state index contributed by atoms with van der Waals surface area (Å²) in [5.74, 6) is 0. The molecule has 0 aromatic carbocycles. The predicted octanol–water partition coefficient (Wildman–Crippen LogP) is 0.935. The maximum atomic E-state index is 7.92. The van der Waals surface area contributed by atoms with Crippen molar-refractivity contribution < 1.29 is 10.1 Å². The minimum atomic E-state index is 0.201. The van der Waals surface area contributed by atoms with Crippen LogP contribution in [0.5, 0.6) is 0 Å². The molecular weight excluding hydrogens is 106 g/mol. The van der Waals surface area contributed by atoms with E-state index in [1.165, 1.54) is 0 Å². The van der Waals surface area contributed by atoms with Gasteiger partial charge in [0.05, 0.1) is 0 Å². The summed E-state index contributed by atoms with van der Waals surface area (Å²) < 4.78 is 1.71. The largest absolute Gasteiger partial charge is 0.328 e. The smallest absolute Gasteiger partial charge is 0.157 e. The van der Waals surface area contributed by atoms with Gasteiger partial charge >= 0.3 is 0 Å². The molecule has 8 heavy (non-hydrogen) atoms. The first-order valence-electron chi connectivity index (χ1n) is 2.30. The van der Waals surface area contributed by atoms with Gasteiger partial charge in [0.25, 0.3) is 0 Å². The monoisotopic (exact) mass is 113 g/mol. The van der Waals surface area contributed by atoms with Crippen molar-refractivity contribution in [3.05, 3.63) is 24.5 Å². The van der Waals surface area contributed by atoms with Crippen molar-refractivity contribution in [1.82, 2.24) is 4.57 Å². The van der Waals surface area contributed by atoms with Crippen LogP contribution in [0.15, 0.2) is 24.5 Å². The lowest BCUT2D eigenvalue weighted by Crippen LogP contribution is -1.94. The van der Waals surface area contributed by atoms with Gasteiger partial charge in [-0.2, -0.15) is 0 Å². The van der Waals surface area contributed by atoms with E-state index in [0.717, 1.165) is 0 Å². The molecule has 0 aliphatic carbocycles. The highest BCUT2D eigenvalue weighted by atomic mass is 17.1. The average Bonchev–Trinajstić information content (AvgIpc) is 2.19. The molecule has 0 unspecified atom stereocenters. The Morgan fingerprint density at radius 2 is 2.00 bits per heavy atom. The fourth-order valence-corrected chi connectivity index (χ4v) is 0.523. The second kappa shape index (κ2) is 2.49. The van der Waals surface area contributed by atoms with E-state index in [1.807, 2.05) is 12.1 Å². The van der Waals surface area contributed by atoms with Crippen LogP contribution in [0.4, 0.5) is 0 Å². The number of rotatable bonds is 2. The number of hydrogen-bond acceptors (Lipinski definition) is 2. The molecule has 0 radical (unpaired) electrons. The molecule has 0 amide bonds. The van der Waals surface area contributed by atoms with Crippen molar-refractivity contribution in [2.75, 3.05) is 0 Å². The van der Waals surface area contributed by atoms with Crippen molar-refractivity contribution >= 4 is 0 Å². The van der Waals surface area contributed by atoms with Crippen LogP contribution >= 0.6 is 0 Å². The Morgan fingerprint density at radius 3 is 2.50 bits per heavy atom. The second-order valence-corrected chi connectivity index (χ2v) is 1.46. The Bertz CT molecular complexity index is 136. The highest BCUT2D eigenvalue weighted by molar-refractivity contribution is 4.89. The van der Waals surface area contributed by atoms with Gasteiger partial charge in [-0.3, -0.25) is 0 Å². The Kier molecular flexibility index (Phi) is 1.66. The van der Waals surface area contributed by atoms with Crippen LogP contribution in [-0.2, 0) is 11.6 Å². The maximum absolute atomic E-state index is 7.92. The molecule has 3 nitrogen and oxygen atoms in total. The minimum absolute atomic E-state index is 0.201. The third-order valence-corrected chi connectivity index (χ3v) is 0.873. The van der Waals surface area contributed by atoms with E-state index in [9.17, 15) is 0 Å². The zero-order chi connectivity index (χ0) is 5.82. The zero-order valence-electron chi connectivity index (χ0n) is 4.32. The SMILES string of the molecule is OOCn1cccc1. The van der Waals surface area contributed by atoms with E-state index in [0.29, 0.717) is 0 Å². The van der Waals surface area contributed by atoms with Crippen molar-refractivity contribution in [3.8, 4) is 0 Å². The summed E-state index contributed by atoms with van der Waals surface area (Å²) in [5, 5.41) is 7.92. The number of nitrogens with zero attached hydrogens (tertiary/aromatic N) is 1. The molecule has 1 N–H and O–H groups in total. The summed E-state index contributed by atoms with van der Waals surface area (Å²) in [6, 6.07) is 3.72. The summed E-state index contributed by atoms with van der Waals surface area (Å²) in [6.45, 7) is 0.201. The summed E-state index contributed by atoms with van der Waals surface area (Å²) in [6.07, 6.45) is 3.60. The predicted molar refractivity (Wildman–Crippen MR) is 28.1 cm³/mol. The van der Waals surface area contributed by atoms with E-state index >= 15 is 0 Å². The van der Waals surface area contributed by atoms with Crippen molar-refractivity contribution in [1.29, 1.82) is 0 Å². The Balaban J connectivity index is 2.50. The molecule has 0 saturated heterocycles. The van der Waals surface area contributed by atoms with Gasteiger partial charge in [-0.25, -0.2) is 10.1 Å². The van der Waals surface area contributed by atoms with Crippen molar-refractivity contribution in [2.45, 2.75) is 6.73 Å². The minimum Gasteiger partial charge on any atom is -0.328 e. The number of aromatic nitrogens is 1. The van der Waals surface area contributed by atoms with Gasteiger partial charge in [-0.05, 0) is 12.1 Å². The molecule has 0 aliphatic heterocycles. The van der Waals surface area contributed by atoms with E-state index in [-0.39, 0.29) is 6.73 Å². The first-order chi connectivity index (χ1) is 3.93. The van der Waals surface area contributed by atoms with Crippen molar-refractivity contribution in [2.24, 2.45) is 0 Å². The highest BCUT2D eigenvalue weighted by Crippen LogP contribution is 1.87. The molecule has 3 heteroatoms. The Labute approximate surface area is 47.1 Å². The fraction of sp³-hybridized carbons (Fsp3) is 0.200. The molecule has 44 valence electrons. The van der Waals surface area contributed by atoms with Crippen LogP contribution in [0.3, 0.4) is 0 Å². The summed E-state index contributed by atoms with van der Waals surface area (Å²) in [5.41, 5.74) is 0. The summed E-state index contributed by atoms with van der Waals surface area (Å²) in [4.78, 5) is 3.85. The molecule has 0 bridgehead atoms. The van der Waals surface area contributed by atoms with Gasteiger partial charge in [-0.1, -0.05) is 0 Å². The van der Waals surface area contributed by atoms with Crippen LogP contribution in [0.2, 0.25) is 0 Å². The number of hydrogen-bond donors (Lipinski definition) is 1. The molecule has 1 aromatic heterocycles. The molecule has 0 fully saturated rings. The maximum Gasteiger partial charge on any atom is 0.157 e. The average molecular weight is 113 g/mol. The van der Waals surface area contributed by atoms with Gasteiger partial charge in [-0.15, -0.1) is 0 Å². The first-order valence-corrected chi connectivity index (χ1v) is 2.30. The second-order valence-electron chi connectivity index (χ2n) is 1.46. The molecule has 0 saturated carbocycles. The molecule has 1 aromatic rings. The molecule has 0 aliphatic rings. The standard InChI is InChI=1S/C5H7NO2/c7-8-5-6-3-1-2-4-6/h1-4,7H,5H2. The van der Waals surface area contributed by atoms with Crippen LogP contribution < -0.4 is 0 Å². The fourth-order valence-electron chi connectivity index (χ4n) is 0.523. The van der Waals surface area contributed by atoms with Gasteiger partial charge < -0.3 is 4.57 Å². The van der Waals surface area contributed by atoms with Gasteiger partial charge in [0.15, 0.2) is 6.73 Å². The third-order valence-electron chi connectivity index (χ3n) is 0.873. The van der Waals surface area contributed by atoms with Crippen LogP contribution in [0, 0.1) is 0 Å². The zero-order valence-corrected chi connectivity index (χ0v) is 4.32. The van der Waals surface area contributed by atoms with E-state index in [4.69, 9.17) is 5.26 Å². The van der Waals surface area contributed by atoms with Crippen molar-refractivity contribution in [3.63, 3.8) is 0 Å². The van der Waals surface area contributed by atoms with Crippen LogP contribution in [0.1, 0.15) is 0 Å². The Morgan fingerprint density at radius 1 is 1.38 bits per heavy atom.